The fourth-order valence-corrected chi connectivity index (χ4v) is 2.04. The Bertz CT molecular complexity index is 574. The van der Waals surface area contributed by atoms with Crippen molar-refractivity contribution in [3.63, 3.8) is 0 Å². The van der Waals surface area contributed by atoms with Gasteiger partial charge >= 0.3 is 5.69 Å². The molecule has 0 unspecified atom stereocenters. The molecule has 2 rings (SSSR count). The Kier molecular flexibility index (Phi) is 3.41. The molecule has 5 nitrogen and oxygen atoms in total. The Labute approximate surface area is 107 Å². The summed E-state index contributed by atoms with van der Waals surface area (Å²) in [4.78, 5) is 16.3. The van der Waals surface area contributed by atoms with Crippen molar-refractivity contribution >= 4 is 0 Å². The van der Waals surface area contributed by atoms with Gasteiger partial charge in [0.05, 0.1) is 18.6 Å². The summed E-state index contributed by atoms with van der Waals surface area (Å²) in [5.74, 6) is 0. The first-order valence-electron chi connectivity index (χ1n) is 6.28. The largest absolute Gasteiger partial charge is 0.330 e. The van der Waals surface area contributed by atoms with Crippen LogP contribution >= 0.6 is 0 Å². The summed E-state index contributed by atoms with van der Waals surface area (Å²) in [6.07, 6.45) is 7.30. The molecule has 5 heteroatoms. The van der Waals surface area contributed by atoms with E-state index in [1.165, 1.54) is 0 Å². The molecule has 0 radical (unpaired) electrons. The summed E-state index contributed by atoms with van der Waals surface area (Å²) >= 11 is 0. The van der Waals surface area contributed by atoms with Crippen LogP contribution in [0, 0.1) is 0 Å². The lowest BCUT2D eigenvalue weighted by Gasteiger charge is -2.11. The number of imidazole rings is 2. The third kappa shape index (κ3) is 2.25. The summed E-state index contributed by atoms with van der Waals surface area (Å²) in [6, 6.07) is 0.541. The lowest BCUT2D eigenvalue weighted by atomic mass is 10.3. The van der Waals surface area contributed by atoms with Crippen molar-refractivity contribution in [1.82, 2.24) is 18.7 Å². The van der Waals surface area contributed by atoms with Crippen molar-refractivity contribution in [1.29, 1.82) is 0 Å². The molecular weight excluding hydrogens is 228 g/mol. The number of hydrogen-bond acceptors (Lipinski definition) is 2. The summed E-state index contributed by atoms with van der Waals surface area (Å²) in [5.41, 5.74) is 1.08. The Morgan fingerprint density at radius 1 is 1.11 bits per heavy atom. The first-order chi connectivity index (χ1) is 8.50. The average Bonchev–Trinajstić information content (AvgIpc) is 2.87. The highest BCUT2D eigenvalue weighted by atomic mass is 16.1. The normalized spacial score (nSPS) is 11.7. The monoisotopic (exact) mass is 248 g/mol. The molecule has 0 saturated heterocycles. The molecule has 0 aliphatic heterocycles. The van der Waals surface area contributed by atoms with Gasteiger partial charge in [-0.05, 0) is 27.7 Å². The molecule has 2 aromatic heterocycles. The Morgan fingerprint density at radius 2 is 1.78 bits per heavy atom. The minimum Gasteiger partial charge on any atom is -0.330 e. The van der Waals surface area contributed by atoms with Crippen LogP contribution in [0.1, 0.15) is 45.5 Å². The average molecular weight is 248 g/mol. The second-order valence-electron chi connectivity index (χ2n) is 5.10. The number of nitrogens with zero attached hydrogens (tertiary/aromatic N) is 4. The zero-order valence-electron chi connectivity index (χ0n) is 11.4. The molecule has 0 atom stereocenters. The van der Waals surface area contributed by atoms with Crippen molar-refractivity contribution in [2.75, 3.05) is 0 Å². The quantitative estimate of drug-likeness (QED) is 0.831. The van der Waals surface area contributed by atoms with E-state index in [-0.39, 0.29) is 11.7 Å². The molecule has 0 bridgehead atoms. The molecule has 0 fully saturated rings. The summed E-state index contributed by atoms with van der Waals surface area (Å²) in [7, 11) is 0. The van der Waals surface area contributed by atoms with Crippen LogP contribution in [0.25, 0.3) is 0 Å². The van der Waals surface area contributed by atoms with Crippen molar-refractivity contribution in [3.8, 4) is 0 Å². The van der Waals surface area contributed by atoms with Crippen LogP contribution in [0.4, 0.5) is 0 Å². The number of hydrogen-bond donors (Lipinski definition) is 0. The zero-order valence-corrected chi connectivity index (χ0v) is 11.4. The molecular formula is C13H20N4O. The van der Waals surface area contributed by atoms with Gasteiger partial charge in [0.25, 0.3) is 0 Å². The minimum absolute atomic E-state index is 0.0292. The smallest absolute Gasteiger partial charge is 0.328 e. The van der Waals surface area contributed by atoms with Gasteiger partial charge in [-0.25, -0.2) is 9.78 Å². The lowest BCUT2D eigenvalue weighted by Crippen LogP contribution is -2.26. The van der Waals surface area contributed by atoms with E-state index in [0.29, 0.717) is 12.6 Å². The van der Waals surface area contributed by atoms with Gasteiger partial charge in [0.15, 0.2) is 0 Å². The van der Waals surface area contributed by atoms with Gasteiger partial charge in [-0.1, -0.05) is 0 Å². The van der Waals surface area contributed by atoms with E-state index in [1.807, 2.05) is 38.8 Å². The fourth-order valence-electron chi connectivity index (χ4n) is 2.04. The van der Waals surface area contributed by atoms with Gasteiger partial charge < -0.3 is 4.57 Å². The molecule has 98 valence electrons. The highest BCUT2D eigenvalue weighted by Gasteiger charge is 2.10. The van der Waals surface area contributed by atoms with Gasteiger partial charge in [-0.2, -0.15) is 0 Å². The molecule has 0 N–H and O–H groups in total. The van der Waals surface area contributed by atoms with Crippen molar-refractivity contribution in [3.05, 3.63) is 41.1 Å². The second-order valence-corrected chi connectivity index (χ2v) is 5.10. The molecule has 2 aromatic rings. The van der Waals surface area contributed by atoms with Crippen LogP contribution in [0.2, 0.25) is 0 Å². The molecule has 0 saturated carbocycles. The van der Waals surface area contributed by atoms with E-state index in [2.05, 4.69) is 23.4 Å². The molecule has 0 spiro atoms. The van der Waals surface area contributed by atoms with Crippen LogP contribution in [-0.2, 0) is 6.54 Å². The van der Waals surface area contributed by atoms with Crippen LogP contribution in [0.5, 0.6) is 0 Å². The van der Waals surface area contributed by atoms with E-state index in [4.69, 9.17) is 0 Å². The van der Waals surface area contributed by atoms with Gasteiger partial charge in [0.2, 0.25) is 0 Å². The maximum atomic E-state index is 12.1. The van der Waals surface area contributed by atoms with Gasteiger partial charge in [-0.15, -0.1) is 0 Å². The maximum absolute atomic E-state index is 12.1. The fraction of sp³-hybridized carbons (Fsp3) is 0.538. The molecule has 2 heterocycles. The van der Waals surface area contributed by atoms with E-state index >= 15 is 0 Å². The van der Waals surface area contributed by atoms with E-state index < -0.39 is 0 Å². The zero-order chi connectivity index (χ0) is 13.3. The van der Waals surface area contributed by atoms with Gasteiger partial charge in [0, 0.05) is 30.7 Å². The minimum atomic E-state index is 0.0292. The molecule has 0 aliphatic rings. The van der Waals surface area contributed by atoms with Crippen LogP contribution in [0.15, 0.2) is 29.7 Å². The van der Waals surface area contributed by atoms with Crippen molar-refractivity contribution in [2.24, 2.45) is 0 Å². The second kappa shape index (κ2) is 4.84. The highest BCUT2D eigenvalue weighted by molar-refractivity contribution is 5.01. The third-order valence-corrected chi connectivity index (χ3v) is 3.07. The first kappa shape index (κ1) is 12.7. The molecule has 18 heavy (non-hydrogen) atoms. The van der Waals surface area contributed by atoms with Gasteiger partial charge in [0.1, 0.15) is 0 Å². The third-order valence-electron chi connectivity index (χ3n) is 3.07. The van der Waals surface area contributed by atoms with Crippen LogP contribution in [0.3, 0.4) is 0 Å². The maximum Gasteiger partial charge on any atom is 0.328 e. The lowest BCUT2D eigenvalue weighted by molar-refractivity contribution is 0.537. The molecule has 0 aromatic carbocycles. The Hall–Kier alpha value is -1.78. The predicted molar refractivity (Wildman–Crippen MR) is 70.8 cm³/mol. The highest BCUT2D eigenvalue weighted by Crippen LogP contribution is 2.10. The van der Waals surface area contributed by atoms with Crippen molar-refractivity contribution < 1.29 is 0 Å². The number of rotatable bonds is 4. The SMILES string of the molecule is CC(C)n1cncc1Cn1ccn(C(C)C)c1=O. The molecule has 0 amide bonds. The molecule has 0 aliphatic carbocycles. The van der Waals surface area contributed by atoms with E-state index in [0.717, 1.165) is 5.69 Å². The van der Waals surface area contributed by atoms with E-state index in [1.54, 1.807) is 9.13 Å². The summed E-state index contributed by atoms with van der Waals surface area (Å²) in [6.45, 7) is 8.78. The van der Waals surface area contributed by atoms with E-state index in [9.17, 15) is 4.79 Å². The van der Waals surface area contributed by atoms with Crippen molar-refractivity contribution in [2.45, 2.75) is 46.3 Å². The predicted octanol–water partition coefficient (Wildman–Crippen LogP) is 2.06. The van der Waals surface area contributed by atoms with Crippen LogP contribution < -0.4 is 5.69 Å². The first-order valence-corrected chi connectivity index (χ1v) is 6.28. The topological polar surface area (TPSA) is 44.8 Å². The standard InChI is InChI=1S/C13H20N4O/c1-10(2)16-6-5-15(13(16)18)8-12-7-14-9-17(12)11(3)4/h5-7,9-11H,8H2,1-4H3. The summed E-state index contributed by atoms with van der Waals surface area (Å²) in [5, 5.41) is 0. The number of aromatic nitrogens is 4. The van der Waals surface area contributed by atoms with Gasteiger partial charge in [-0.3, -0.25) is 9.13 Å². The Morgan fingerprint density at radius 3 is 2.33 bits per heavy atom. The van der Waals surface area contributed by atoms with Crippen LogP contribution in [-0.4, -0.2) is 18.7 Å². The summed E-state index contributed by atoms with van der Waals surface area (Å²) < 4.78 is 5.53. The Balaban J connectivity index is 2.29.